The summed E-state index contributed by atoms with van der Waals surface area (Å²) in [6.45, 7) is 4.76. The Bertz CT molecular complexity index is 394. The molecule has 1 unspecified atom stereocenters. The average Bonchev–Trinajstić information content (AvgIpc) is 3.07. The van der Waals surface area contributed by atoms with Crippen molar-refractivity contribution in [2.24, 2.45) is 0 Å². The minimum absolute atomic E-state index is 0.107. The molecule has 1 aliphatic rings. The molecule has 0 bridgehead atoms. The number of hydrogen-bond acceptors (Lipinski definition) is 4. The highest BCUT2D eigenvalue weighted by Crippen LogP contribution is 2.34. The van der Waals surface area contributed by atoms with Crippen molar-refractivity contribution in [3.8, 4) is 0 Å². The molecular weight excluding hydrogens is 260 g/mol. The van der Waals surface area contributed by atoms with Gasteiger partial charge in [-0.3, -0.25) is 9.69 Å². The van der Waals surface area contributed by atoms with E-state index in [1.54, 1.807) is 11.3 Å². The normalized spacial score (nSPS) is 19.3. The predicted octanol–water partition coefficient (Wildman–Crippen LogP) is 1.73. The number of likely N-dealkylation sites (tertiary alicyclic amines) is 1. The van der Waals surface area contributed by atoms with Crippen molar-refractivity contribution in [1.82, 2.24) is 9.80 Å². The fraction of sp³-hybridized carbons (Fsp3) is 0.643. The molecule has 1 N–H and O–H groups in total. The molecule has 1 aromatic heterocycles. The maximum atomic E-state index is 12.4. The molecule has 1 saturated heterocycles. The van der Waals surface area contributed by atoms with E-state index in [2.05, 4.69) is 11.4 Å². The van der Waals surface area contributed by atoms with Crippen molar-refractivity contribution < 1.29 is 9.90 Å². The summed E-state index contributed by atoms with van der Waals surface area (Å²) in [7, 11) is 0. The largest absolute Gasteiger partial charge is 0.395 e. The molecule has 4 nitrogen and oxygen atoms in total. The quantitative estimate of drug-likeness (QED) is 0.864. The first-order valence-corrected chi connectivity index (χ1v) is 7.80. The number of likely N-dealkylation sites (N-methyl/N-ethyl adjacent to an activating group) is 1. The summed E-state index contributed by atoms with van der Waals surface area (Å²) in [5.41, 5.74) is 0. The van der Waals surface area contributed by atoms with Crippen LogP contribution in [0.4, 0.5) is 0 Å². The zero-order chi connectivity index (χ0) is 13.7. The second-order valence-corrected chi connectivity index (χ2v) is 5.83. The molecule has 1 aromatic rings. The third kappa shape index (κ3) is 3.55. The fourth-order valence-electron chi connectivity index (χ4n) is 2.61. The van der Waals surface area contributed by atoms with E-state index >= 15 is 0 Å². The first-order chi connectivity index (χ1) is 9.26. The van der Waals surface area contributed by atoms with E-state index in [1.165, 1.54) is 4.88 Å². The molecule has 106 valence electrons. The Morgan fingerprint density at radius 2 is 2.47 bits per heavy atom. The third-order valence-corrected chi connectivity index (χ3v) is 4.64. The second-order valence-electron chi connectivity index (χ2n) is 4.85. The topological polar surface area (TPSA) is 43.8 Å². The summed E-state index contributed by atoms with van der Waals surface area (Å²) in [5.74, 6) is 0.186. The maximum absolute atomic E-state index is 12.4. The monoisotopic (exact) mass is 282 g/mol. The first kappa shape index (κ1) is 14.5. The molecule has 0 spiro atoms. The van der Waals surface area contributed by atoms with Crippen LogP contribution in [0.3, 0.4) is 0 Å². The highest BCUT2D eigenvalue weighted by molar-refractivity contribution is 7.10. The van der Waals surface area contributed by atoms with E-state index in [4.69, 9.17) is 5.11 Å². The standard InChI is InChI=1S/C14H22N2O2S/c1-2-15(8-9-17)11-14(18)16-7-3-5-12(16)13-6-4-10-19-13/h4,6,10,12,17H,2-3,5,7-9,11H2,1H3. The van der Waals surface area contributed by atoms with E-state index in [0.29, 0.717) is 13.1 Å². The molecule has 5 heteroatoms. The van der Waals surface area contributed by atoms with Gasteiger partial charge in [0.1, 0.15) is 0 Å². The number of amides is 1. The number of carbonyl (C=O) groups is 1. The maximum Gasteiger partial charge on any atom is 0.237 e. The van der Waals surface area contributed by atoms with Crippen LogP contribution in [-0.2, 0) is 4.79 Å². The number of carbonyl (C=O) groups excluding carboxylic acids is 1. The van der Waals surface area contributed by atoms with Gasteiger partial charge in [-0.15, -0.1) is 11.3 Å². The number of nitrogens with zero attached hydrogens (tertiary/aromatic N) is 2. The van der Waals surface area contributed by atoms with Gasteiger partial charge in [0.05, 0.1) is 19.2 Å². The van der Waals surface area contributed by atoms with E-state index in [-0.39, 0.29) is 18.6 Å². The summed E-state index contributed by atoms with van der Waals surface area (Å²) < 4.78 is 0. The van der Waals surface area contributed by atoms with Gasteiger partial charge in [-0.1, -0.05) is 13.0 Å². The molecule has 1 fully saturated rings. The van der Waals surface area contributed by atoms with Gasteiger partial charge in [0.15, 0.2) is 0 Å². The minimum Gasteiger partial charge on any atom is -0.395 e. The molecule has 1 atom stereocenters. The van der Waals surface area contributed by atoms with Gasteiger partial charge in [0, 0.05) is 18.0 Å². The van der Waals surface area contributed by atoms with Crippen LogP contribution in [-0.4, -0.2) is 53.6 Å². The Morgan fingerprint density at radius 1 is 1.63 bits per heavy atom. The zero-order valence-corrected chi connectivity index (χ0v) is 12.2. The van der Waals surface area contributed by atoms with Gasteiger partial charge in [-0.25, -0.2) is 0 Å². The average molecular weight is 282 g/mol. The van der Waals surface area contributed by atoms with Crippen LogP contribution in [0.1, 0.15) is 30.7 Å². The van der Waals surface area contributed by atoms with Crippen molar-refractivity contribution in [2.75, 3.05) is 32.8 Å². The van der Waals surface area contributed by atoms with Gasteiger partial charge in [0.25, 0.3) is 0 Å². The third-order valence-electron chi connectivity index (χ3n) is 3.67. The molecule has 0 radical (unpaired) electrons. The van der Waals surface area contributed by atoms with Gasteiger partial charge < -0.3 is 10.0 Å². The van der Waals surface area contributed by atoms with E-state index < -0.39 is 0 Å². The SMILES string of the molecule is CCN(CCO)CC(=O)N1CCCC1c1cccs1. The molecule has 2 heterocycles. The van der Waals surface area contributed by atoms with Crippen LogP contribution < -0.4 is 0 Å². The van der Waals surface area contributed by atoms with Crippen LogP contribution in [0.25, 0.3) is 0 Å². The summed E-state index contributed by atoms with van der Waals surface area (Å²) in [6.07, 6.45) is 2.15. The van der Waals surface area contributed by atoms with Crippen molar-refractivity contribution in [2.45, 2.75) is 25.8 Å². The van der Waals surface area contributed by atoms with Crippen LogP contribution in [0.5, 0.6) is 0 Å². The second kappa shape index (κ2) is 7.03. The first-order valence-electron chi connectivity index (χ1n) is 6.92. The molecule has 1 aliphatic heterocycles. The Hall–Kier alpha value is -0.910. The molecule has 0 aromatic carbocycles. The van der Waals surface area contributed by atoms with Gasteiger partial charge in [0.2, 0.25) is 5.91 Å². The molecule has 0 saturated carbocycles. The van der Waals surface area contributed by atoms with Crippen molar-refractivity contribution in [3.05, 3.63) is 22.4 Å². The van der Waals surface area contributed by atoms with Crippen LogP contribution in [0, 0.1) is 0 Å². The van der Waals surface area contributed by atoms with Gasteiger partial charge >= 0.3 is 0 Å². The summed E-state index contributed by atoms with van der Waals surface area (Å²) in [6, 6.07) is 4.43. The van der Waals surface area contributed by atoms with Crippen molar-refractivity contribution in [1.29, 1.82) is 0 Å². The number of aliphatic hydroxyl groups is 1. The molecule has 1 amide bonds. The van der Waals surface area contributed by atoms with Gasteiger partial charge in [-0.2, -0.15) is 0 Å². The van der Waals surface area contributed by atoms with Crippen LogP contribution in [0.15, 0.2) is 17.5 Å². The zero-order valence-electron chi connectivity index (χ0n) is 11.4. The summed E-state index contributed by atoms with van der Waals surface area (Å²) >= 11 is 1.73. The molecule has 19 heavy (non-hydrogen) atoms. The minimum atomic E-state index is 0.107. The molecule has 2 rings (SSSR count). The highest BCUT2D eigenvalue weighted by Gasteiger charge is 2.30. The van der Waals surface area contributed by atoms with Crippen LogP contribution in [0.2, 0.25) is 0 Å². The van der Waals surface area contributed by atoms with E-state index in [9.17, 15) is 4.79 Å². The summed E-state index contributed by atoms with van der Waals surface area (Å²) in [4.78, 5) is 17.7. The Morgan fingerprint density at radius 3 is 3.11 bits per heavy atom. The van der Waals surface area contributed by atoms with Gasteiger partial charge in [-0.05, 0) is 30.8 Å². The van der Waals surface area contributed by atoms with Crippen LogP contribution >= 0.6 is 11.3 Å². The lowest BCUT2D eigenvalue weighted by molar-refractivity contribution is -0.133. The lowest BCUT2D eigenvalue weighted by atomic mass is 10.2. The number of aliphatic hydroxyl groups excluding tert-OH is 1. The predicted molar refractivity (Wildman–Crippen MR) is 77.2 cm³/mol. The lowest BCUT2D eigenvalue weighted by Crippen LogP contribution is -2.40. The fourth-order valence-corrected chi connectivity index (χ4v) is 3.49. The molecule has 0 aliphatic carbocycles. The highest BCUT2D eigenvalue weighted by atomic mass is 32.1. The number of rotatable bonds is 6. The Labute approximate surface area is 118 Å². The van der Waals surface area contributed by atoms with E-state index in [1.807, 2.05) is 22.8 Å². The number of hydrogen-bond donors (Lipinski definition) is 1. The van der Waals surface area contributed by atoms with E-state index in [0.717, 1.165) is 25.9 Å². The lowest BCUT2D eigenvalue weighted by Gasteiger charge is -2.27. The Balaban J connectivity index is 1.98. The Kier molecular flexibility index (Phi) is 5.36. The van der Waals surface area contributed by atoms with Crippen molar-refractivity contribution >= 4 is 17.2 Å². The van der Waals surface area contributed by atoms with Crippen molar-refractivity contribution in [3.63, 3.8) is 0 Å². The summed E-state index contributed by atoms with van der Waals surface area (Å²) in [5, 5.41) is 11.1. The molecular formula is C14H22N2O2S. The number of thiophene rings is 1. The smallest absolute Gasteiger partial charge is 0.237 e.